The first-order valence-electron chi connectivity index (χ1n) is 6.44. The number of nitrogens with two attached hydrogens (primary N) is 2. The zero-order chi connectivity index (χ0) is 11.6. The summed E-state index contributed by atoms with van der Waals surface area (Å²) in [7, 11) is 0. The SMILES string of the molecule is NCCCNC[C@H]1C[C@H](NCCCN)CN1. The lowest BCUT2D eigenvalue weighted by Crippen LogP contribution is -2.34. The molecule has 7 N–H and O–H groups in total. The first-order valence-corrected chi connectivity index (χ1v) is 6.44. The minimum atomic E-state index is 0.605. The van der Waals surface area contributed by atoms with Crippen LogP contribution < -0.4 is 27.4 Å². The van der Waals surface area contributed by atoms with Gasteiger partial charge in [-0.1, -0.05) is 0 Å². The Morgan fingerprint density at radius 2 is 1.88 bits per heavy atom. The van der Waals surface area contributed by atoms with Crippen molar-refractivity contribution in [3.05, 3.63) is 0 Å². The van der Waals surface area contributed by atoms with E-state index in [4.69, 9.17) is 11.5 Å². The van der Waals surface area contributed by atoms with E-state index in [2.05, 4.69) is 16.0 Å². The molecule has 0 spiro atoms. The van der Waals surface area contributed by atoms with Crippen molar-refractivity contribution in [3.8, 4) is 0 Å². The van der Waals surface area contributed by atoms with Crippen molar-refractivity contribution in [2.45, 2.75) is 31.3 Å². The molecular weight excluding hydrogens is 202 g/mol. The van der Waals surface area contributed by atoms with E-state index in [1.807, 2.05) is 0 Å². The summed E-state index contributed by atoms with van der Waals surface area (Å²) in [5, 5.41) is 10.5. The predicted molar refractivity (Wildman–Crippen MR) is 68.4 cm³/mol. The topological polar surface area (TPSA) is 88.1 Å². The lowest BCUT2D eigenvalue weighted by Gasteiger charge is -2.12. The van der Waals surface area contributed by atoms with Gasteiger partial charge in [-0.05, 0) is 45.4 Å². The number of hydrogen-bond donors (Lipinski definition) is 5. The third kappa shape index (κ3) is 5.77. The second-order valence-corrected chi connectivity index (χ2v) is 4.48. The quantitative estimate of drug-likeness (QED) is 0.314. The molecule has 1 heterocycles. The van der Waals surface area contributed by atoms with Crippen molar-refractivity contribution < 1.29 is 0 Å². The van der Waals surface area contributed by atoms with Gasteiger partial charge >= 0.3 is 0 Å². The lowest BCUT2D eigenvalue weighted by atomic mass is 10.1. The molecule has 16 heavy (non-hydrogen) atoms. The maximum absolute atomic E-state index is 5.46. The average molecular weight is 229 g/mol. The van der Waals surface area contributed by atoms with E-state index in [0.29, 0.717) is 12.1 Å². The van der Waals surface area contributed by atoms with Crippen molar-refractivity contribution in [1.82, 2.24) is 16.0 Å². The van der Waals surface area contributed by atoms with Crippen molar-refractivity contribution in [1.29, 1.82) is 0 Å². The van der Waals surface area contributed by atoms with Crippen LogP contribution in [-0.4, -0.2) is 51.4 Å². The standard InChI is InChI=1S/C11H27N5/c12-3-1-5-14-8-10-7-11(9-16-10)15-6-2-4-13/h10-11,14-16H,1-9,12-13H2/t10-,11+/m1/s1. The van der Waals surface area contributed by atoms with Crippen LogP contribution in [0.1, 0.15) is 19.3 Å². The molecule has 5 nitrogen and oxygen atoms in total. The van der Waals surface area contributed by atoms with Gasteiger partial charge in [0.15, 0.2) is 0 Å². The Morgan fingerprint density at radius 3 is 2.62 bits per heavy atom. The highest BCUT2D eigenvalue weighted by atomic mass is 15.1. The Kier molecular flexibility index (Phi) is 7.71. The maximum Gasteiger partial charge on any atom is 0.0208 e. The molecule has 1 fully saturated rings. The second-order valence-electron chi connectivity index (χ2n) is 4.48. The summed E-state index contributed by atoms with van der Waals surface area (Å²) >= 11 is 0. The van der Waals surface area contributed by atoms with E-state index in [1.165, 1.54) is 6.42 Å². The molecule has 0 aromatic rings. The minimum absolute atomic E-state index is 0.605. The summed E-state index contributed by atoms with van der Waals surface area (Å²) < 4.78 is 0. The van der Waals surface area contributed by atoms with Crippen molar-refractivity contribution in [2.24, 2.45) is 11.5 Å². The molecule has 96 valence electrons. The molecule has 0 amide bonds. The number of hydrogen-bond acceptors (Lipinski definition) is 5. The van der Waals surface area contributed by atoms with Gasteiger partial charge in [0.05, 0.1) is 0 Å². The van der Waals surface area contributed by atoms with Crippen LogP contribution >= 0.6 is 0 Å². The van der Waals surface area contributed by atoms with Gasteiger partial charge in [-0.3, -0.25) is 0 Å². The fourth-order valence-corrected chi connectivity index (χ4v) is 2.04. The highest BCUT2D eigenvalue weighted by Crippen LogP contribution is 2.05. The summed E-state index contributed by atoms with van der Waals surface area (Å²) in [4.78, 5) is 0. The van der Waals surface area contributed by atoms with E-state index in [9.17, 15) is 0 Å². The molecular formula is C11H27N5. The Labute approximate surface area is 98.7 Å². The molecule has 1 aliphatic heterocycles. The van der Waals surface area contributed by atoms with Crippen LogP contribution in [-0.2, 0) is 0 Å². The van der Waals surface area contributed by atoms with Crippen molar-refractivity contribution in [2.75, 3.05) is 39.3 Å². The van der Waals surface area contributed by atoms with Crippen LogP contribution in [0.3, 0.4) is 0 Å². The molecule has 0 radical (unpaired) electrons. The fraction of sp³-hybridized carbons (Fsp3) is 1.00. The highest BCUT2D eigenvalue weighted by Gasteiger charge is 2.22. The Balaban J connectivity index is 1.97. The highest BCUT2D eigenvalue weighted by molar-refractivity contribution is 4.87. The van der Waals surface area contributed by atoms with Gasteiger partial charge in [0.25, 0.3) is 0 Å². The van der Waals surface area contributed by atoms with Gasteiger partial charge in [0.1, 0.15) is 0 Å². The van der Waals surface area contributed by atoms with Gasteiger partial charge < -0.3 is 27.4 Å². The third-order valence-corrected chi connectivity index (χ3v) is 2.98. The summed E-state index contributed by atoms with van der Waals surface area (Å²) in [6.07, 6.45) is 3.33. The summed E-state index contributed by atoms with van der Waals surface area (Å²) in [5.74, 6) is 0. The molecule has 0 bridgehead atoms. The molecule has 0 aromatic carbocycles. The monoisotopic (exact) mass is 229 g/mol. The zero-order valence-corrected chi connectivity index (χ0v) is 10.2. The zero-order valence-electron chi connectivity index (χ0n) is 10.2. The molecule has 0 unspecified atom stereocenters. The van der Waals surface area contributed by atoms with Crippen LogP contribution in [0, 0.1) is 0 Å². The van der Waals surface area contributed by atoms with E-state index < -0.39 is 0 Å². The average Bonchev–Trinajstić information content (AvgIpc) is 2.73. The van der Waals surface area contributed by atoms with Gasteiger partial charge in [-0.15, -0.1) is 0 Å². The first-order chi connectivity index (χ1) is 7.86. The van der Waals surface area contributed by atoms with Gasteiger partial charge in [-0.25, -0.2) is 0 Å². The third-order valence-electron chi connectivity index (χ3n) is 2.98. The summed E-state index contributed by atoms with van der Waals surface area (Å²) in [6, 6.07) is 1.22. The largest absolute Gasteiger partial charge is 0.330 e. The molecule has 5 heteroatoms. The molecule has 0 saturated carbocycles. The molecule has 2 atom stereocenters. The second kappa shape index (κ2) is 8.90. The predicted octanol–water partition coefficient (Wildman–Crippen LogP) is -1.41. The smallest absolute Gasteiger partial charge is 0.0208 e. The molecule has 1 aliphatic rings. The number of nitrogens with one attached hydrogen (secondary N) is 3. The Morgan fingerprint density at radius 1 is 1.12 bits per heavy atom. The van der Waals surface area contributed by atoms with E-state index in [-0.39, 0.29) is 0 Å². The van der Waals surface area contributed by atoms with E-state index in [0.717, 1.165) is 52.1 Å². The molecule has 0 aromatic heterocycles. The van der Waals surface area contributed by atoms with Crippen LogP contribution in [0.25, 0.3) is 0 Å². The Hall–Kier alpha value is -0.200. The minimum Gasteiger partial charge on any atom is -0.330 e. The van der Waals surface area contributed by atoms with Gasteiger partial charge in [0, 0.05) is 25.2 Å². The first kappa shape index (κ1) is 13.9. The van der Waals surface area contributed by atoms with Crippen LogP contribution in [0.15, 0.2) is 0 Å². The van der Waals surface area contributed by atoms with Crippen LogP contribution in [0.4, 0.5) is 0 Å². The number of rotatable bonds is 9. The summed E-state index contributed by atoms with van der Waals surface area (Å²) in [5.41, 5.74) is 10.9. The maximum atomic E-state index is 5.46. The van der Waals surface area contributed by atoms with Crippen LogP contribution in [0.5, 0.6) is 0 Å². The fourth-order valence-electron chi connectivity index (χ4n) is 2.04. The van der Waals surface area contributed by atoms with Gasteiger partial charge in [0.2, 0.25) is 0 Å². The summed E-state index contributed by atoms with van der Waals surface area (Å²) in [6.45, 7) is 5.74. The van der Waals surface area contributed by atoms with Crippen molar-refractivity contribution >= 4 is 0 Å². The molecule has 1 saturated heterocycles. The van der Waals surface area contributed by atoms with E-state index in [1.54, 1.807) is 0 Å². The van der Waals surface area contributed by atoms with Gasteiger partial charge in [-0.2, -0.15) is 0 Å². The molecule has 0 aliphatic carbocycles. The lowest BCUT2D eigenvalue weighted by molar-refractivity contribution is 0.503. The van der Waals surface area contributed by atoms with Crippen LogP contribution in [0.2, 0.25) is 0 Å². The Bertz CT molecular complexity index is 164. The molecule has 1 rings (SSSR count). The normalized spacial score (nSPS) is 25.1. The van der Waals surface area contributed by atoms with Crippen molar-refractivity contribution in [3.63, 3.8) is 0 Å². The van der Waals surface area contributed by atoms with E-state index >= 15 is 0 Å².